The zero-order valence-corrected chi connectivity index (χ0v) is 18.0. The van der Waals surface area contributed by atoms with Gasteiger partial charge in [0.15, 0.2) is 0 Å². The number of phenolic OH excluding ortho intramolecular Hbond substituents is 3. The Bertz CT molecular complexity index is 814. The molecule has 3 aromatic carbocycles. The van der Waals surface area contributed by atoms with E-state index in [1.54, 1.807) is 36.4 Å². The highest BCUT2D eigenvalue weighted by molar-refractivity contribution is 5.52. The molecule has 0 fully saturated rings. The molecular weight excluding hydrogens is 372 g/mol. The second kappa shape index (κ2) is 9.25. The fraction of sp³-hybridized carbons (Fsp3) is 0.333. The number of hydrogen-bond donors (Lipinski definition) is 3. The fourth-order valence-corrected chi connectivity index (χ4v) is 4.56. The van der Waals surface area contributed by atoms with Gasteiger partial charge in [0.25, 0.3) is 0 Å². The van der Waals surface area contributed by atoms with Gasteiger partial charge in [-0.15, -0.1) is 0 Å². The number of aromatic hydroxyl groups is 3. The molecular formula is C27H32O3. The monoisotopic (exact) mass is 404 g/mol. The van der Waals surface area contributed by atoms with Crippen molar-refractivity contribution in [3.8, 4) is 17.2 Å². The van der Waals surface area contributed by atoms with Crippen LogP contribution in [0.3, 0.4) is 0 Å². The molecule has 30 heavy (non-hydrogen) atoms. The molecule has 3 aromatic rings. The van der Waals surface area contributed by atoms with Crippen molar-refractivity contribution in [1.29, 1.82) is 0 Å². The van der Waals surface area contributed by atoms with E-state index < -0.39 is 5.41 Å². The van der Waals surface area contributed by atoms with E-state index in [1.807, 2.05) is 36.4 Å². The van der Waals surface area contributed by atoms with E-state index in [9.17, 15) is 15.3 Å². The van der Waals surface area contributed by atoms with Gasteiger partial charge in [-0.2, -0.15) is 0 Å². The van der Waals surface area contributed by atoms with Crippen molar-refractivity contribution in [2.75, 3.05) is 0 Å². The second-order valence-corrected chi connectivity index (χ2v) is 8.82. The molecule has 0 aliphatic rings. The molecule has 0 heterocycles. The average Bonchev–Trinajstić information content (AvgIpc) is 2.71. The molecule has 0 saturated heterocycles. The molecule has 0 bridgehead atoms. The van der Waals surface area contributed by atoms with Crippen molar-refractivity contribution in [2.45, 2.75) is 45.4 Å². The first-order chi connectivity index (χ1) is 14.3. The molecule has 3 heteroatoms. The van der Waals surface area contributed by atoms with Gasteiger partial charge in [0.2, 0.25) is 0 Å². The van der Waals surface area contributed by atoms with Crippen LogP contribution in [0.5, 0.6) is 17.2 Å². The van der Waals surface area contributed by atoms with E-state index in [-0.39, 0.29) is 17.2 Å². The van der Waals surface area contributed by atoms with Crippen LogP contribution in [0, 0.1) is 11.8 Å². The maximum Gasteiger partial charge on any atom is 0.115 e. The lowest BCUT2D eigenvalue weighted by Crippen LogP contribution is -2.30. The minimum absolute atomic E-state index is 0.234. The third-order valence-corrected chi connectivity index (χ3v) is 5.97. The fourth-order valence-electron chi connectivity index (χ4n) is 4.56. The summed E-state index contributed by atoms with van der Waals surface area (Å²) >= 11 is 0. The van der Waals surface area contributed by atoms with Crippen molar-refractivity contribution in [1.82, 2.24) is 0 Å². The summed E-state index contributed by atoms with van der Waals surface area (Å²) in [5.41, 5.74) is 2.77. The van der Waals surface area contributed by atoms with E-state index in [4.69, 9.17) is 0 Å². The SMILES string of the molecule is CC(C)CC(C)CCC(c1ccc(O)cc1)(c1ccc(O)cc1)c1ccc(O)cc1. The van der Waals surface area contributed by atoms with Gasteiger partial charge in [-0.1, -0.05) is 57.2 Å². The first-order valence-electron chi connectivity index (χ1n) is 10.7. The number of hydrogen-bond acceptors (Lipinski definition) is 3. The van der Waals surface area contributed by atoms with Gasteiger partial charge >= 0.3 is 0 Å². The Kier molecular flexibility index (Phi) is 6.71. The van der Waals surface area contributed by atoms with E-state index in [0.717, 1.165) is 36.0 Å². The Labute approximate surface area is 179 Å². The Balaban J connectivity index is 2.17. The summed E-state index contributed by atoms with van der Waals surface area (Å²) < 4.78 is 0. The Hall–Kier alpha value is -2.94. The predicted molar refractivity (Wildman–Crippen MR) is 122 cm³/mol. The zero-order valence-electron chi connectivity index (χ0n) is 18.0. The second-order valence-electron chi connectivity index (χ2n) is 8.82. The summed E-state index contributed by atoms with van der Waals surface area (Å²) in [4.78, 5) is 0. The van der Waals surface area contributed by atoms with Crippen LogP contribution in [0.25, 0.3) is 0 Å². The van der Waals surface area contributed by atoms with Crippen molar-refractivity contribution in [3.63, 3.8) is 0 Å². The third-order valence-electron chi connectivity index (χ3n) is 5.97. The number of rotatable bonds is 8. The molecule has 0 spiro atoms. The molecule has 1 unspecified atom stereocenters. The Morgan fingerprint density at radius 3 is 1.23 bits per heavy atom. The molecule has 3 rings (SSSR count). The van der Waals surface area contributed by atoms with Crippen molar-refractivity contribution < 1.29 is 15.3 Å². The van der Waals surface area contributed by atoms with Gasteiger partial charge in [0, 0.05) is 5.41 Å². The van der Waals surface area contributed by atoms with Gasteiger partial charge in [-0.3, -0.25) is 0 Å². The summed E-state index contributed by atoms with van der Waals surface area (Å²) in [7, 11) is 0. The van der Waals surface area contributed by atoms with Crippen LogP contribution in [0.1, 0.15) is 56.7 Å². The summed E-state index contributed by atoms with van der Waals surface area (Å²) in [6, 6.07) is 22.2. The van der Waals surface area contributed by atoms with Crippen molar-refractivity contribution >= 4 is 0 Å². The van der Waals surface area contributed by atoms with E-state index >= 15 is 0 Å². The Morgan fingerprint density at radius 2 is 0.933 bits per heavy atom. The summed E-state index contributed by atoms with van der Waals surface area (Å²) in [5.74, 6) is 1.91. The van der Waals surface area contributed by atoms with Gasteiger partial charge in [0.1, 0.15) is 17.2 Å². The minimum Gasteiger partial charge on any atom is -0.508 e. The number of benzene rings is 3. The normalized spacial score (nSPS) is 12.8. The average molecular weight is 405 g/mol. The van der Waals surface area contributed by atoms with E-state index in [0.29, 0.717) is 11.8 Å². The molecule has 3 nitrogen and oxygen atoms in total. The zero-order chi connectivity index (χ0) is 21.7. The Morgan fingerprint density at radius 1 is 0.600 bits per heavy atom. The molecule has 0 radical (unpaired) electrons. The van der Waals surface area contributed by atoms with Crippen LogP contribution >= 0.6 is 0 Å². The molecule has 0 aliphatic carbocycles. The van der Waals surface area contributed by atoms with Crippen LogP contribution in [0.4, 0.5) is 0 Å². The van der Waals surface area contributed by atoms with Gasteiger partial charge < -0.3 is 15.3 Å². The lowest BCUT2D eigenvalue weighted by molar-refractivity contribution is 0.376. The van der Waals surface area contributed by atoms with Crippen LogP contribution in [0.2, 0.25) is 0 Å². The quantitative estimate of drug-likeness (QED) is 0.371. The largest absolute Gasteiger partial charge is 0.508 e. The van der Waals surface area contributed by atoms with Crippen LogP contribution < -0.4 is 0 Å². The maximum atomic E-state index is 9.89. The first-order valence-corrected chi connectivity index (χ1v) is 10.7. The van der Waals surface area contributed by atoms with Crippen molar-refractivity contribution in [3.05, 3.63) is 89.5 Å². The highest BCUT2D eigenvalue weighted by Gasteiger charge is 2.36. The van der Waals surface area contributed by atoms with E-state index in [1.165, 1.54) is 0 Å². The summed E-state index contributed by atoms with van der Waals surface area (Å²) in [6.45, 7) is 6.81. The third kappa shape index (κ3) is 4.79. The molecule has 0 aromatic heterocycles. The standard InChI is InChI=1S/C27H32O3/c1-19(2)18-20(3)16-17-27(21-4-10-24(28)11-5-21,22-6-12-25(29)13-7-22)23-8-14-26(30)15-9-23/h4-15,19-20,28-30H,16-18H2,1-3H3. The lowest BCUT2D eigenvalue weighted by atomic mass is 9.65. The van der Waals surface area contributed by atoms with Crippen molar-refractivity contribution in [2.24, 2.45) is 11.8 Å². The van der Waals surface area contributed by atoms with E-state index in [2.05, 4.69) is 20.8 Å². The smallest absolute Gasteiger partial charge is 0.115 e. The molecule has 3 N–H and O–H groups in total. The maximum absolute atomic E-state index is 9.89. The topological polar surface area (TPSA) is 60.7 Å². The molecule has 0 amide bonds. The highest BCUT2D eigenvalue weighted by Crippen LogP contribution is 2.45. The summed E-state index contributed by atoms with van der Waals surface area (Å²) in [5, 5.41) is 29.7. The van der Waals surface area contributed by atoms with Gasteiger partial charge in [0.05, 0.1) is 0 Å². The van der Waals surface area contributed by atoms with Crippen LogP contribution in [-0.2, 0) is 5.41 Å². The van der Waals surface area contributed by atoms with Crippen LogP contribution in [0.15, 0.2) is 72.8 Å². The molecule has 1 atom stereocenters. The number of phenols is 3. The summed E-state index contributed by atoms with van der Waals surface area (Å²) in [6.07, 6.45) is 3.07. The molecule has 0 aliphatic heterocycles. The molecule has 0 saturated carbocycles. The van der Waals surface area contributed by atoms with Gasteiger partial charge in [-0.05, 0) is 84.2 Å². The lowest BCUT2D eigenvalue weighted by Gasteiger charge is -2.37. The predicted octanol–water partition coefficient (Wildman–Crippen LogP) is 6.60. The highest BCUT2D eigenvalue weighted by atomic mass is 16.3. The van der Waals surface area contributed by atoms with Crippen LogP contribution in [-0.4, -0.2) is 15.3 Å². The van der Waals surface area contributed by atoms with Gasteiger partial charge in [-0.25, -0.2) is 0 Å². The molecule has 158 valence electrons. The minimum atomic E-state index is -0.458. The first kappa shape index (κ1) is 21.8.